The van der Waals surface area contributed by atoms with Crippen LogP contribution >= 0.6 is 0 Å². The Morgan fingerprint density at radius 3 is 1.04 bits per heavy atom. The molecule has 0 fully saturated rings. The Hall–Kier alpha value is -1.38. The highest BCUT2D eigenvalue weighted by Crippen LogP contribution is 2.10. The predicted molar refractivity (Wildman–Crippen MR) is 175 cm³/mol. The van der Waals surface area contributed by atoms with Gasteiger partial charge < -0.3 is 47.7 Å². The van der Waals surface area contributed by atoms with Crippen LogP contribution in [0.15, 0.2) is 0 Å². The summed E-state index contributed by atoms with van der Waals surface area (Å²) in [5.41, 5.74) is 0. The Kier molecular flexibility index (Phi) is 38.6. The number of carboxylic acids is 1. The van der Waals surface area contributed by atoms with E-state index in [0.717, 1.165) is 13.0 Å². The minimum absolute atomic E-state index is 0.0653. The SMILES string of the molecule is CCCCCCCCCCCCOCCOCCOCCOCCOCCOCCOCCOCCOC(=O)CCCCC(=O)O. The van der Waals surface area contributed by atoms with Crippen LogP contribution in [-0.4, -0.2) is 129 Å². The van der Waals surface area contributed by atoms with E-state index >= 15 is 0 Å². The van der Waals surface area contributed by atoms with Gasteiger partial charge in [0.25, 0.3) is 0 Å². The Bertz CT molecular complexity index is 623. The van der Waals surface area contributed by atoms with Crippen LogP contribution in [0.25, 0.3) is 0 Å². The lowest BCUT2D eigenvalue weighted by Gasteiger charge is -2.09. The average molecular weight is 667 g/mol. The van der Waals surface area contributed by atoms with Gasteiger partial charge in [-0.15, -0.1) is 0 Å². The fourth-order valence-corrected chi connectivity index (χ4v) is 4.17. The molecule has 0 saturated heterocycles. The number of unbranched alkanes of at least 4 members (excludes halogenated alkanes) is 10. The summed E-state index contributed by atoms with van der Waals surface area (Å²) in [6.45, 7) is 10.6. The number of ether oxygens (including phenoxy) is 9. The van der Waals surface area contributed by atoms with Crippen molar-refractivity contribution in [1.29, 1.82) is 0 Å². The van der Waals surface area contributed by atoms with Gasteiger partial charge in [0, 0.05) is 19.4 Å². The zero-order valence-corrected chi connectivity index (χ0v) is 28.9. The van der Waals surface area contributed by atoms with E-state index in [9.17, 15) is 9.59 Å². The maximum Gasteiger partial charge on any atom is 0.305 e. The van der Waals surface area contributed by atoms with Gasteiger partial charge in [0.1, 0.15) is 6.61 Å². The predicted octanol–water partition coefficient (Wildman–Crippen LogP) is 5.23. The lowest BCUT2D eigenvalue weighted by atomic mass is 10.1. The first-order chi connectivity index (χ1) is 22.7. The number of aliphatic carboxylic acids is 1. The van der Waals surface area contributed by atoms with E-state index in [1.54, 1.807) is 0 Å². The monoisotopic (exact) mass is 666 g/mol. The average Bonchev–Trinajstić information content (AvgIpc) is 3.05. The standard InChI is InChI=1S/C34H66O12/c1-2-3-4-5-6-7-8-9-10-13-16-38-17-18-39-19-20-40-21-22-41-23-24-42-25-26-43-27-28-44-29-30-45-31-32-46-34(37)15-12-11-14-33(35)36/h2-32H2,1H3,(H,35,36). The molecule has 0 heterocycles. The number of esters is 1. The molecule has 0 aromatic heterocycles. The minimum atomic E-state index is -0.858. The molecule has 0 saturated carbocycles. The quantitative estimate of drug-likeness (QED) is 0.0677. The maximum atomic E-state index is 11.5. The van der Waals surface area contributed by atoms with E-state index in [1.165, 1.54) is 57.8 Å². The Labute approximate surface area is 278 Å². The summed E-state index contributed by atoms with van der Waals surface area (Å²) < 4.78 is 48.8. The van der Waals surface area contributed by atoms with E-state index in [-0.39, 0.29) is 25.4 Å². The van der Waals surface area contributed by atoms with Crippen LogP contribution in [-0.2, 0) is 52.2 Å². The minimum Gasteiger partial charge on any atom is -0.481 e. The van der Waals surface area contributed by atoms with Crippen LogP contribution < -0.4 is 0 Å². The fourth-order valence-electron chi connectivity index (χ4n) is 4.17. The van der Waals surface area contributed by atoms with E-state index in [4.69, 9.17) is 47.7 Å². The highest BCUT2D eigenvalue weighted by Gasteiger charge is 2.04. The molecule has 0 atom stereocenters. The van der Waals surface area contributed by atoms with E-state index in [0.29, 0.717) is 112 Å². The van der Waals surface area contributed by atoms with Crippen LogP contribution in [0.4, 0.5) is 0 Å². The zero-order chi connectivity index (χ0) is 33.4. The summed E-state index contributed by atoms with van der Waals surface area (Å²) in [7, 11) is 0. The van der Waals surface area contributed by atoms with Gasteiger partial charge in [0.05, 0.1) is 99.1 Å². The third-order valence-electron chi connectivity index (χ3n) is 6.76. The van der Waals surface area contributed by atoms with Crippen molar-refractivity contribution in [1.82, 2.24) is 0 Å². The van der Waals surface area contributed by atoms with Gasteiger partial charge >= 0.3 is 11.9 Å². The molecule has 274 valence electrons. The molecule has 0 rings (SSSR count). The number of carboxylic acid groups (broad SMARTS) is 1. The normalized spacial score (nSPS) is 11.3. The van der Waals surface area contributed by atoms with E-state index < -0.39 is 5.97 Å². The Morgan fingerprint density at radius 1 is 0.370 bits per heavy atom. The molecule has 0 aromatic rings. The van der Waals surface area contributed by atoms with Gasteiger partial charge in [-0.2, -0.15) is 0 Å². The van der Waals surface area contributed by atoms with Gasteiger partial charge in [-0.25, -0.2) is 0 Å². The molecule has 12 heteroatoms. The summed E-state index contributed by atoms with van der Waals surface area (Å²) in [5.74, 6) is -1.20. The van der Waals surface area contributed by atoms with Crippen LogP contribution in [0.1, 0.15) is 96.8 Å². The molecule has 0 radical (unpaired) electrons. The Morgan fingerprint density at radius 2 is 0.674 bits per heavy atom. The second-order valence-electron chi connectivity index (χ2n) is 10.9. The van der Waals surface area contributed by atoms with Crippen molar-refractivity contribution in [3.05, 3.63) is 0 Å². The van der Waals surface area contributed by atoms with Crippen molar-refractivity contribution in [2.24, 2.45) is 0 Å². The van der Waals surface area contributed by atoms with Gasteiger partial charge in [0.2, 0.25) is 0 Å². The molecular formula is C34H66O12. The summed E-state index contributed by atoms with van der Waals surface area (Å²) >= 11 is 0. The van der Waals surface area contributed by atoms with Gasteiger partial charge in [-0.1, -0.05) is 64.7 Å². The molecule has 0 aliphatic heterocycles. The molecule has 0 aliphatic carbocycles. The molecule has 1 N–H and O–H groups in total. The van der Waals surface area contributed by atoms with E-state index in [2.05, 4.69) is 6.92 Å². The molecule has 0 aromatic carbocycles. The lowest BCUT2D eigenvalue weighted by Crippen LogP contribution is -2.15. The third-order valence-corrected chi connectivity index (χ3v) is 6.76. The summed E-state index contributed by atoms with van der Waals surface area (Å²) in [6, 6.07) is 0. The van der Waals surface area contributed by atoms with Crippen molar-refractivity contribution in [2.45, 2.75) is 96.8 Å². The largest absolute Gasteiger partial charge is 0.481 e. The zero-order valence-electron chi connectivity index (χ0n) is 28.9. The van der Waals surface area contributed by atoms with Crippen LogP contribution in [0.5, 0.6) is 0 Å². The first kappa shape index (κ1) is 44.6. The first-order valence-corrected chi connectivity index (χ1v) is 17.7. The molecule has 12 nitrogen and oxygen atoms in total. The van der Waals surface area contributed by atoms with Crippen molar-refractivity contribution in [3.8, 4) is 0 Å². The van der Waals surface area contributed by atoms with Crippen molar-refractivity contribution in [3.63, 3.8) is 0 Å². The number of hydrogen-bond acceptors (Lipinski definition) is 11. The number of carbonyl (C=O) groups is 2. The molecule has 46 heavy (non-hydrogen) atoms. The summed E-state index contributed by atoms with van der Waals surface area (Å²) in [4.78, 5) is 21.9. The number of rotatable bonds is 40. The van der Waals surface area contributed by atoms with E-state index in [1.807, 2.05) is 0 Å². The molecule has 0 unspecified atom stereocenters. The third kappa shape index (κ3) is 40.6. The number of hydrogen-bond donors (Lipinski definition) is 1. The highest BCUT2D eigenvalue weighted by molar-refractivity contribution is 5.69. The Balaban J connectivity index is 3.09. The summed E-state index contributed by atoms with van der Waals surface area (Å²) in [6.07, 6.45) is 14.6. The van der Waals surface area contributed by atoms with Crippen LogP contribution in [0.3, 0.4) is 0 Å². The van der Waals surface area contributed by atoms with Gasteiger partial charge in [0.15, 0.2) is 0 Å². The number of carbonyl (C=O) groups excluding carboxylic acids is 1. The van der Waals surface area contributed by atoms with Gasteiger partial charge in [-0.3, -0.25) is 9.59 Å². The van der Waals surface area contributed by atoms with Crippen molar-refractivity contribution in [2.75, 3.05) is 112 Å². The second-order valence-corrected chi connectivity index (χ2v) is 10.9. The molecular weight excluding hydrogens is 600 g/mol. The summed E-state index contributed by atoms with van der Waals surface area (Å²) in [5, 5.41) is 8.55. The highest BCUT2D eigenvalue weighted by atomic mass is 16.6. The van der Waals surface area contributed by atoms with Gasteiger partial charge in [-0.05, 0) is 19.3 Å². The topological polar surface area (TPSA) is 137 Å². The smallest absolute Gasteiger partial charge is 0.305 e. The molecule has 0 aliphatic rings. The van der Waals surface area contributed by atoms with Crippen LogP contribution in [0, 0.1) is 0 Å². The molecule has 0 bridgehead atoms. The molecule has 0 spiro atoms. The van der Waals surface area contributed by atoms with Crippen LogP contribution in [0.2, 0.25) is 0 Å². The first-order valence-electron chi connectivity index (χ1n) is 17.7. The maximum absolute atomic E-state index is 11.5. The lowest BCUT2D eigenvalue weighted by molar-refractivity contribution is -0.146. The fraction of sp³-hybridized carbons (Fsp3) is 0.941. The van der Waals surface area contributed by atoms with Crippen molar-refractivity contribution < 1.29 is 57.3 Å². The van der Waals surface area contributed by atoms with Crippen molar-refractivity contribution >= 4 is 11.9 Å². The second kappa shape index (κ2) is 39.8. The molecule has 0 amide bonds.